The van der Waals surface area contributed by atoms with E-state index in [1.807, 2.05) is 7.05 Å². The van der Waals surface area contributed by atoms with Crippen molar-refractivity contribution in [3.05, 3.63) is 29.8 Å². The molecule has 2 N–H and O–H groups in total. The molecule has 2 aliphatic rings. The van der Waals surface area contributed by atoms with Crippen molar-refractivity contribution in [2.75, 3.05) is 33.2 Å². The number of benzene rings is 1. The van der Waals surface area contributed by atoms with Crippen molar-refractivity contribution in [1.29, 1.82) is 0 Å². The molecule has 2 saturated heterocycles. The van der Waals surface area contributed by atoms with Gasteiger partial charge >= 0.3 is 0 Å². The number of primary amides is 1. The van der Waals surface area contributed by atoms with Crippen LogP contribution in [0.4, 0.5) is 0 Å². The third-order valence-electron chi connectivity index (χ3n) is 4.00. The molecule has 2 heterocycles. The smallest absolute Gasteiger partial charge is 0.250 e. The second kappa shape index (κ2) is 4.28. The van der Waals surface area contributed by atoms with E-state index in [4.69, 9.17) is 5.73 Å². The Morgan fingerprint density at radius 2 is 1.80 bits per heavy atom. The van der Waals surface area contributed by atoms with Gasteiger partial charge in [-0.15, -0.1) is 0 Å². The number of likely N-dealkylation sites (tertiary alicyclic amines) is 1. The molecule has 3 rings (SSSR count). The average Bonchev–Trinajstić information content (AvgIpc) is 2.31. The van der Waals surface area contributed by atoms with Crippen LogP contribution >= 0.6 is 0 Å². The van der Waals surface area contributed by atoms with Gasteiger partial charge in [0.2, 0.25) is 15.9 Å². The summed E-state index contributed by atoms with van der Waals surface area (Å²) in [6.45, 7) is 2.90. The molecular weight excluding hydrogens is 278 g/mol. The van der Waals surface area contributed by atoms with Crippen LogP contribution in [0, 0.1) is 5.41 Å². The molecule has 2 fully saturated rings. The Hall–Kier alpha value is -1.44. The third-order valence-corrected chi connectivity index (χ3v) is 5.85. The molecular formula is C13H17N3O3S. The number of rotatable bonds is 3. The molecule has 0 aliphatic carbocycles. The first-order chi connectivity index (χ1) is 9.34. The standard InChI is InChI=1S/C13H17N3O3S/c1-15-6-13(7-15)8-16(9-13)20(18,19)11-5-3-2-4-10(11)12(14)17/h2-5H,6-9H2,1H3,(H2,14,17). The van der Waals surface area contributed by atoms with Crippen molar-refractivity contribution in [3.8, 4) is 0 Å². The van der Waals surface area contributed by atoms with Gasteiger partial charge in [-0.2, -0.15) is 4.31 Å². The topological polar surface area (TPSA) is 83.7 Å². The Morgan fingerprint density at radius 1 is 1.20 bits per heavy atom. The predicted molar refractivity (Wildman–Crippen MR) is 73.6 cm³/mol. The van der Waals surface area contributed by atoms with Gasteiger partial charge in [-0.25, -0.2) is 8.42 Å². The molecule has 0 atom stereocenters. The number of amides is 1. The minimum absolute atomic E-state index is 0.00929. The van der Waals surface area contributed by atoms with Gasteiger partial charge in [0.25, 0.3) is 0 Å². The maximum absolute atomic E-state index is 12.6. The maximum Gasteiger partial charge on any atom is 0.250 e. The number of carbonyl (C=O) groups is 1. The summed E-state index contributed by atoms with van der Waals surface area (Å²) < 4.78 is 26.5. The van der Waals surface area contributed by atoms with E-state index >= 15 is 0 Å². The summed E-state index contributed by atoms with van der Waals surface area (Å²) in [5.74, 6) is -0.720. The van der Waals surface area contributed by atoms with Crippen LogP contribution in [0.15, 0.2) is 29.2 Å². The van der Waals surface area contributed by atoms with E-state index in [0.29, 0.717) is 13.1 Å². The number of hydrogen-bond acceptors (Lipinski definition) is 4. The number of carbonyl (C=O) groups excluding carboxylic acids is 1. The summed E-state index contributed by atoms with van der Waals surface area (Å²) in [6.07, 6.45) is 0. The maximum atomic E-state index is 12.6. The van der Waals surface area contributed by atoms with Crippen molar-refractivity contribution in [2.24, 2.45) is 11.1 Å². The Balaban J connectivity index is 1.85. The summed E-state index contributed by atoms with van der Waals surface area (Å²) in [7, 11) is -1.61. The van der Waals surface area contributed by atoms with Crippen LogP contribution in [0.25, 0.3) is 0 Å². The zero-order valence-electron chi connectivity index (χ0n) is 11.2. The third kappa shape index (κ3) is 1.93. The van der Waals surface area contributed by atoms with Gasteiger partial charge in [0.05, 0.1) is 10.5 Å². The predicted octanol–water partition coefficient (Wildman–Crippen LogP) is -0.278. The zero-order valence-corrected chi connectivity index (χ0v) is 12.1. The largest absolute Gasteiger partial charge is 0.366 e. The van der Waals surface area contributed by atoms with Gasteiger partial charge < -0.3 is 10.6 Å². The molecule has 2 aliphatic heterocycles. The second-order valence-electron chi connectivity index (χ2n) is 5.81. The number of hydrogen-bond donors (Lipinski definition) is 1. The Morgan fingerprint density at radius 3 is 2.35 bits per heavy atom. The van der Waals surface area contributed by atoms with Gasteiger partial charge in [0.15, 0.2) is 0 Å². The minimum Gasteiger partial charge on any atom is -0.366 e. The molecule has 1 aromatic rings. The van der Waals surface area contributed by atoms with E-state index in [1.54, 1.807) is 12.1 Å². The lowest BCUT2D eigenvalue weighted by atomic mass is 9.75. The van der Waals surface area contributed by atoms with Crippen molar-refractivity contribution < 1.29 is 13.2 Å². The van der Waals surface area contributed by atoms with Gasteiger partial charge in [0, 0.05) is 31.6 Å². The van der Waals surface area contributed by atoms with Gasteiger partial charge in [0.1, 0.15) is 0 Å². The van der Waals surface area contributed by atoms with Crippen molar-refractivity contribution in [1.82, 2.24) is 9.21 Å². The fraction of sp³-hybridized carbons (Fsp3) is 0.462. The zero-order chi connectivity index (χ0) is 14.5. The Labute approximate surface area is 118 Å². The van der Waals surface area contributed by atoms with Gasteiger partial charge in [-0.3, -0.25) is 4.79 Å². The number of sulfonamides is 1. The highest BCUT2D eigenvalue weighted by Crippen LogP contribution is 2.41. The molecule has 0 radical (unpaired) electrons. The lowest BCUT2D eigenvalue weighted by Crippen LogP contribution is -2.71. The second-order valence-corrected chi connectivity index (χ2v) is 7.71. The lowest BCUT2D eigenvalue weighted by Gasteiger charge is -2.58. The minimum atomic E-state index is -3.63. The van der Waals surface area contributed by atoms with Crippen LogP contribution in [0.5, 0.6) is 0 Å². The summed E-state index contributed by atoms with van der Waals surface area (Å²) in [5.41, 5.74) is 5.42. The Bertz CT molecular complexity index is 657. The highest BCUT2D eigenvalue weighted by Gasteiger charge is 2.54. The van der Waals surface area contributed by atoms with E-state index in [2.05, 4.69) is 4.90 Å². The molecule has 0 unspecified atom stereocenters. The summed E-state index contributed by atoms with van der Waals surface area (Å²) in [6, 6.07) is 6.10. The number of nitrogens with zero attached hydrogens (tertiary/aromatic N) is 2. The fourth-order valence-electron chi connectivity index (χ4n) is 3.20. The van der Waals surface area contributed by atoms with Crippen LogP contribution in [0.1, 0.15) is 10.4 Å². The molecule has 20 heavy (non-hydrogen) atoms. The molecule has 1 spiro atoms. The van der Waals surface area contributed by atoms with Crippen molar-refractivity contribution in [2.45, 2.75) is 4.90 Å². The van der Waals surface area contributed by atoms with Crippen LogP contribution in [-0.4, -0.2) is 56.8 Å². The van der Waals surface area contributed by atoms with E-state index in [1.165, 1.54) is 16.4 Å². The van der Waals surface area contributed by atoms with E-state index in [9.17, 15) is 13.2 Å². The molecule has 1 amide bonds. The average molecular weight is 295 g/mol. The first kappa shape index (κ1) is 13.5. The summed E-state index contributed by atoms with van der Waals surface area (Å²) in [4.78, 5) is 13.5. The van der Waals surface area contributed by atoms with Crippen LogP contribution in [0.2, 0.25) is 0 Å². The Kier molecular flexibility index (Phi) is 2.89. The van der Waals surface area contributed by atoms with E-state index in [0.717, 1.165) is 13.1 Å². The van der Waals surface area contributed by atoms with Gasteiger partial charge in [-0.05, 0) is 19.2 Å². The first-order valence-electron chi connectivity index (χ1n) is 6.42. The first-order valence-corrected chi connectivity index (χ1v) is 7.86. The fourth-order valence-corrected chi connectivity index (χ4v) is 5.07. The molecule has 108 valence electrons. The summed E-state index contributed by atoms with van der Waals surface area (Å²) >= 11 is 0. The molecule has 0 aromatic heterocycles. The quantitative estimate of drug-likeness (QED) is 0.831. The highest BCUT2D eigenvalue weighted by atomic mass is 32.2. The molecule has 0 bridgehead atoms. The van der Waals surface area contributed by atoms with Crippen molar-refractivity contribution in [3.63, 3.8) is 0 Å². The lowest BCUT2D eigenvalue weighted by molar-refractivity contribution is -0.0672. The van der Waals surface area contributed by atoms with Crippen LogP contribution < -0.4 is 5.73 Å². The molecule has 0 saturated carbocycles. The SMILES string of the molecule is CN1CC2(C1)CN(S(=O)(=O)c1ccccc1C(N)=O)C2. The van der Waals surface area contributed by atoms with Crippen LogP contribution in [-0.2, 0) is 10.0 Å². The molecule has 1 aromatic carbocycles. The highest BCUT2D eigenvalue weighted by molar-refractivity contribution is 7.89. The summed E-state index contributed by atoms with van der Waals surface area (Å²) in [5, 5.41) is 0. The van der Waals surface area contributed by atoms with Crippen LogP contribution in [0.3, 0.4) is 0 Å². The van der Waals surface area contributed by atoms with E-state index in [-0.39, 0.29) is 15.9 Å². The van der Waals surface area contributed by atoms with E-state index < -0.39 is 15.9 Å². The molecule has 6 nitrogen and oxygen atoms in total. The molecule has 7 heteroatoms. The van der Waals surface area contributed by atoms with Crippen molar-refractivity contribution >= 4 is 15.9 Å². The van der Waals surface area contributed by atoms with Gasteiger partial charge in [-0.1, -0.05) is 12.1 Å². The monoisotopic (exact) mass is 295 g/mol. The normalized spacial score (nSPS) is 22.2. The number of nitrogens with two attached hydrogens (primary N) is 1.